The molecule has 1 aromatic rings. The van der Waals surface area contributed by atoms with E-state index in [1.807, 2.05) is 6.92 Å². The van der Waals surface area contributed by atoms with E-state index in [1.54, 1.807) is 24.3 Å². The van der Waals surface area contributed by atoms with Gasteiger partial charge >= 0.3 is 5.97 Å². The summed E-state index contributed by atoms with van der Waals surface area (Å²) in [6.07, 6.45) is 3.00. The van der Waals surface area contributed by atoms with Crippen LogP contribution in [-0.2, 0) is 9.63 Å². The van der Waals surface area contributed by atoms with Crippen LogP contribution >= 0.6 is 0 Å². The minimum absolute atomic E-state index is 0.220. The van der Waals surface area contributed by atoms with Crippen LogP contribution in [0.2, 0.25) is 0 Å². The molecule has 1 aromatic carbocycles. The molecular formula is C16H19NO4. The van der Waals surface area contributed by atoms with Gasteiger partial charge in [0.05, 0.1) is 17.5 Å². The van der Waals surface area contributed by atoms with Gasteiger partial charge in [-0.2, -0.15) is 0 Å². The summed E-state index contributed by atoms with van der Waals surface area (Å²) in [5.74, 6) is -1.47. The van der Waals surface area contributed by atoms with Crippen molar-refractivity contribution in [3.05, 3.63) is 35.4 Å². The van der Waals surface area contributed by atoms with Crippen LogP contribution in [-0.4, -0.2) is 22.8 Å². The molecule has 5 nitrogen and oxygen atoms in total. The van der Waals surface area contributed by atoms with Crippen molar-refractivity contribution in [2.75, 3.05) is 0 Å². The van der Waals surface area contributed by atoms with Gasteiger partial charge in [0, 0.05) is 0 Å². The van der Waals surface area contributed by atoms with E-state index in [0.717, 1.165) is 19.3 Å². The highest BCUT2D eigenvalue weighted by Gasteiger charge is 2.38. The van der Waals surface area contributed by atoms with Crippen LogP contribution in [0.15, 0.2) is 24.3 Å². The molecule has 1 aliphatic heterocycles. The monoisotopic (exact) mass is 289 g/mol. The number of rotatable bonds is 6. The Morgan fingerprint density at radius 3 is 2.19 bits per heavy atom. The number of hydrogen-bond donors (Lipinski definition) is 0. The fourth-order valence-corrected chi connectivity index (χ4v) is 2.48. The van der Waals surface area contributed by atoms with Gasteiger partial charge in [-0.1, -0.05) is 50.3 Å². The van der Waals surface area contributed by atoms with E-state index >= 15 is 0 Å². The van der Waals surface area contributed by atoms with Crippen LogP contribution < -0.4 is 0 Å². The van der Waals surface area contributed by atoms with E-state index < -0.39 is 17.8 Å². The van der Waals surface area contributed by atoms with E-state index in [4.69, 9.17) is 4.84 Å². The van der Waals surface area contributed by atoms with Crippen molar-refractivity contribution in [2.45, 2.75) is 39.5 Å². The molecular weight excluding hydrogens is 270 g/mol. The first-order chi connectivity index (χ1) is 10.1. The number of benzene rings is 1. The molecule has 0 radical (unpaired) electrons. The van der Waals surface area contributed by atoms with Crippen LogP contribution in [0.1, 0.15) is 60.2 Å². The molecule has 1 aliphatic rings. The standard InChI is InChI=1S/C16H19NO4/c1-3-7-11(4-2)10-14(18)21-17-15(19)12-8-5-6-9-13(12)16(17)20/h5-6,8-9,11H,3-4,7,10H2,1-2H3. The second-order valence-electron chi connectivity index (χ2n) is 5.18. The maximum Gasteiger partial charge on any atom is 0.333 e. The van der Waals surface area contributed by atoms with Crippen molar-refractivity contribution in [1.29, 1.82) is 0 Å². The summed E-state index contributed by atoms with van der Waals surface area (Å²) in [5.41, 5.74) is 0.548. The Kier molecular flexibility index (Phi) is 4.73. The Labute approximate surface area is 123 Å². The average molecular weight is 289 g/mol. The molecule has 0 saturated carbocycles. The van der Waals surface area contributed by atoms with Gasteiger partial charge in [-0.05, 0) is 18.1 Å². The molecule has 0 aliphatic carbocycles. The number of hydrogen-bond acceptors (Lipinski definition) is 4. The molecule has 1 unspecified atom stereocenters. The number of imide groups is 1. The normalized spacial score (nSPS) is 15.0. The highest BCUT2D eigenvalue weighted by molar-refractivity contribution is 6.20. The molecule has 1 atom stereocenters. The van der Waals surface area contributed by atoms with Gasteiger partial charge in [0.2, 0.25) is 0 Å². The number of amides is 2. The van der Waals surface area contributed by atoms with Gasteiger partial charge in [-0.25, -0.2) is 4.79 Å². The van der Waals surface area contributed by atoms with Crippen molar-refractivity contribution < 1.29 is 19.2 Å². The van der Waals surface area contributed by atoms with Gasteiger partial charge in [-0.15, -0.1) is 0 Å². The summed E-state index contributed by atoms with van der Waals surface area (Å²) in [7, 11) is 0. The molecule has 21 heavy (non-hydrogen) atoms. The molecule has 0 N–H and O–H groups in total. The predicted molar refractivity (Wildman–Crippen MR) is 76.3 cm³/mol. The molecule has 0 fully saturated rings. The second-order valence-corrected chi connectivity index (χ2v) is 5.18. The fraction of sp³-hybridized carbons (Fsp3) is 0.438. The zero-order valence-corrected chi connectivity index (χ0v) is 12.3. The first-order valence-electron chi connectivity index (χ1n) is 7.27. The Morgan fingerprint density at radius 1 is 1.14 bits per heavy atom. The molecule has 0 spiro atoms. The van der Waals surface area contributed by atoms with E-state index in [2.05, 4.69) is 6.92 Å². The summed E-state index contributed by atoms with van der Waals surface area (Å²) in [5, 5.41) is 0.575. The SMILES string of the molecule is CCCC(CC)CC(=O)ON1C(=O)c2ccccc2C1=O. The zero-order chi connectivity index (χ0) is 15.4. The Bertz CT molecular complexity index is 532. The van der Waals surface area contributed by atoms with E-state index in [0.29, 0.717) is 5.06 Å². The van der Waals surface area contributed by atoms with Crippen molar-refractivity contribution >= 4 is 17.8 Å². The van der Waals surface area contributed by atoms with Crippen molar-refractivity contribution in [1.82, 2.24) is 5.06 Å². The van der Waals surface area contributed by atoms with E-state index in [9.17, 15) is 14.4 Å². The zero-order valence-electron chi connectivity index (χ0n) is 12.3. The first kappa shape index (κ1) is 15.2. The average Bonchev–Trinajstić information content (AvgIpc) is 2.72. The summed E-state index contributed by atoms with van der Waals surface area (Å²) in [6.45, 7) is 4.06. The summed E-state index contributed by atoms with van der Waals surface area (Å²) in [6, 6.07) is 6.44. The van der Waals surface area contributed by atoms with Gasteiger partial charge in [-0.3, -0.25) is 9.59 Å². The lowest BCUT2D eigenvalue weighted by Crippen LogP contribution is -2.33. The van der Waals surface area contributed by atoms with Crippen LogP contribution in [0.3, 0.4) is 0 Å². The van der Waals surface area contributed by atoms with Crippen molar-refractivity contribution in [2.24, 2.45) is 5.92 Å². The van der Waals surface area contributed by atoms with Gasteiger partial charge in [0.15, 0.2) is 0 Å². The fourth-order valence-electron chi connectivity index (χ4n) is 2.48. The maximum atomic E-state index is 12.1. The van der Waals surface area contributed by atoms with E-state index in [-0.39, 0.29) is 23.5 Å². The van der Waals surface area contributed by atoms with Crippen molar-refractivity contribution in [3.8, 4) is 0 Å². The van der Waals surface area contributed by atoms with Gasteiger partial charge < -0.3 is 4.84 Å². The van der Waals surface area contributed by atoms with Crippen LogP contribution in [0.4, 0.5) is 0 Å². The van der Waals surface area contributed by atoms with Gasteiger partial charge in [0.1, 0.15) is 0 Å². The molecule has 112 valence electrons. The second kappa shape index (κ2) is 6.52. The number of hydroxylamine groups is 2. The lowest BCUT2D eigenvalue weighted by atomic mass is 9.97. The highest BCUT2D eigenvalue weighted by Crippen LogP contribution is 2.24. The molecule has 1 heterocycles. The topological polar surface area (TPSA) is 63.7 Å². The minimum Gasteiger partial charge on any atom is -0.330 e. The quantitative estimate of drug-likeness (QED) is 0.755. The summed E-state index contributed by atoms with van der Waals surface area (Å²) < 4.78 is 0. The lowest BCUT2D eigenvalue weighted by Gasteiger charge is -2.16. The van der Waals surface area contributed by atoms with Crippen LogP contribution in [0, 0.1) is 5.92 Å². The molecule has 0 saturated heterocycles. The smallest absolute Gasteiger partial charge is 0.330 e. The number of carbonyl (C=O) groups is 3. The molecule has 0 aromatic heterocycles. The van der Waals surface area contributed by atoms with Crippen LogP contribution in [0.5, 0.6) is 0 Å². The Hall–Kier alpha value is -2.17. The molecule has 2 amide bonds. The van der Waals surface area contributed by atoms with Gasteiger partial charge in [0.25, 0.3) is 11.8 Å². The van der Waals surface area contributed by atoms with Crippen LogP contribution in [0.25, 0.3) is 0 Å². The first-order valence-corrected chi connectivity index (χ1v) is 7.27. The molecule has 2 rings (SSSR count). The number of nitrogens with zero attached hydrogens (tertiary/aromatic N) is 1. The Morgan fingerprint density at radius 2 is 1.71 bits per heavy atom. The number of carbonyl (C=O) groups excluding carboxylic acids is 3. The minimum atomic E-state index is -0.576. The highest BCUT2D eigenvalue weighted by atomic mass is 16.7. The third-order valence-electron chi connectivity index (χ3n) is 3.68. The summed E-state index contributed by atoms with van der Waals surface area (Å²) in [4.78, 5) is 41.0. The Balaban J connectivity index is 2.03. The maximum absolute atomic E-state index is 12.1. The third-order valence-corrected chi connectivity index (χ3v) is 3.68. The van der Waals surface area contributed by atoms with E-state index in [1.165, 1.54) is 0 Å². The lowest BCUT2D eigenvalue weighted by molar-refractivity contribution is -0.169. The molecule has 0 bridgehead atoms. The largest absolute Gasteiger partial charge is 0.333 e. The summed E-state index contributed by atoms with van der Waals surface area (Å²) >= 11 is 0. The predicted octanol–water partition coefficient (Wildman–Crippen LogP) is 2.96. The third kappa shape index (κ3) is 3.12. The molecule has 5 heteroatoms. The van der Waals surface area contributed by atoms with Crippen molar-refractivity contribution in [3.63, 3.8) is 0 Å². The number of fused-ring (bicyclic) bond motifs is 1.